The zero-order chi connectivity index (χ0) is 17.1. The molecule has 0 unspecified atom stereocenters. The van der Waals surface area contributed by atoms with Crippen LogP contribution >= 0.6 is 11.6 Å². The third-order valence-electron chi connectivity index (χ3n) is 3.79. The Morgan fingerprint density at radius 1 is 1.42 bits per heavy atom. The van der Waals surface area contributed by atoms with Gasteiger partial charge < -0.3 is 14.7 Å². The summed E-state index contributed by atoms with van der Waals surface area (Å²) in [6, 6.07) is 8.89. The Morgan fingerprint density at radius 3 is 2.96 bits per heavy atom. The summed E-state index contributed by atoms with van der Waals surface area (Å²) >= 11 is 6.14. The molecule has 2 heterocycles. The van der Waals surface area contributed by atoms with E-state index in [1.807, 2.05) is 18.2 Å². The first-order valence-corrected chi connectivity index (χ1v) is 7.85. The summed E-state index contributed by atoms with van der Waals surface area (Å²) in [5, 5.41) is 16.3. The minimum atomic E-state index is -0.947. The van der Waals surface area contributed by atoms with Gasteiger partial charge in [0.25, 0.3) is 5.91 Å². The molecule has 1 saturated heterocycles. The Bertz CT molecular complexity index is 761. The first kappa shape index (κ1) is 16.5. The van der Waals surface area contributed by atoms with Crippen LogP contribution in [0.2, 0.25) is 5.02 Å². The van der Waals surface area contributed by atoms with Gasteiger partial charge in [-0.15, -0.1) is 0 Å². The van der Waals surface area contributed by atoms with Crippen LogP contribution in [0.4, 0.5) is 0 Å². The number of halogens is 1. The highest BCUT2D eigenvalue weighted by molar-refractivity contribution is 6.33. The zero-order valence-corrected chi connectivity index (χ0v) is 13.5. The van der Waals surface area contributed by atoms with E-state index in [0.717, 1.165) is 5.56 Å². The fourth-order valence-corrected chi connectivity index (χ4v) is 2.86. The predicted octanol–water partition coefficient (Wildman–Crippen LogP) is 2.05. The number of H-pyrrole nitrogens is 1. The third kappa shape index (κ3) is 3.58. The molecule has 1 aliphatic heterocycles. The Labute approximate surface area is 143 Å². The topological polar surface area (TPSA) is 95.5 Å². The van der Waals surface area contributed by atoms with Gasteiger partial charge in [0.2, 0.25) is 0 Å². The molecule has 1 aliphatic rings. The van der Waals surface area contributed by atoms with Crippen LogP contribution in [0.5, 0.6) is 0 Å². The lowest BCUT2D eigenvalue weighted by molar-refractivity contribution is -0.141. The van der Waals surface area contributed by atoms with Crippen LogP contribution in [0.1, 0.15) is 16.9 Å². The maximum absolute atomic E-state index is 12.6. The molecule has 0 spiro atoms. The van der Waals surface area contributed by atoms with Crippen LogP contribution in [-0.4, -0.2) is 57.9 Å². The molecule has 1 atom stereocenters. The molecule has 0 saturated carbocycles. The van der Waals surface area contributed by atoms with Gasteiger partial charge in [0, 0.05) is 18.7 Å². The van der Waals surface area contributed by atoms with Crippen molar-refractivity contribution in [1.29, 1.82) is 0 Å². The fourth-order valence-electron chi connectivity index (χ4n) is 2.63. The molecule has 1 fully saturated rings. The average Bonchev–Trinajstić information content (AvgIpc) is 3.04. The van der Waals surface area contributed by atoms with E-state index in [-0.39, 0.29) is 18.9 Å². The molecule has 0 aliphatic carbocycles. The van der Waals surface area contributed by atoms with E-state index in [0.29, 0.717) is 29.6 Å². The van der Waals surface area contributed by atoms with E-state index in [1.165, 1.54) is 0 Å². The summed E-state index contributed by atoms with van der Waals surface area (Å²) in [6.07, 6.45) is -0.622. The first-order chi connectivity index (χ1) is 11.5. The number of carbonyl (C=O) groups excluding carboxylic acids is 1. The summed E-state index contributed by atoms with van der Waals surface area (Å²) in [5.74, 6) is -1.18. The molecule has 1 amide bonds. The lowest BCUT2D eigenvalue weighted by atomic mass is 10.1. The van der Waals surface area contributed by atoms with E-state index >= 15 is 0 Å². The molecule has 126 valence electrons. The summed E-state index contributed by atoms with van der Waals surface area (Å²) in [4.78, 5) is 24.9. The van der Waals surface area contributed by atoms with Crippen LogP contribution < -0.4 is 0 Å². The number of carbonyl (C=O) groups is 2. The summed E-state index contributed by atoms with van der Waals surface area (Å²) < 4.78 is 5.38. The van der Waals surface area contributed by atoms with Gasteiger partial charge in [0.15, 0.2) is 0 Å². The van der Waals surface area contributed by atoms with E-state index in [4.69, 9.17) is 21.4 Å². The van der Waals surface area contributed by atoms with Crippen LogP contribution in [0.3, 0.4) is 0 Å². The third-order valence-corrected chi connectivity index (χ3v) is 4.12. The number of aliphatic carboxylic acids is 1. The van der Waals surface area contributed by atoms with Crippen molar-refractivity contribution in [3.8, 4) is 11.3 Å². The van der Waals surface area contributed by atoms with Crippen molar-refractivity contribution in [2.75, 3.05) is 19.7 Å². The molecule has 1 aromatic heterocycles. The molecule has 1 aromatic carbocycles. The summed E-state index contributed by atoms with van der Waals surface area (Å²) in [5.41, 5.74) is 1.65. The van der Waals surface area contributed by atoms with Gasteiger partial charge in [0.1, 0.15) is 5.69 Å². The molecular weight excluding hydrogens is 334 g/mol. The van der Waals surface area contributed by atoms with Crippen molar-refractivity contribution in [1.82, 2.24) is 15.1 Å². The van der Waals surface area contributed by atoms with Gasteiger partial charge >= 0.3 is 5.97 Å². The van der Waals surface area contributed by atoms with Gasteiger partial charge in [-0.25, -0.2) is 0 Å². The van der Waals surface area contributed by atoms with Crippen molar-refractivity contribution < 1.29 is 19.4 Å². The van der Waals surface area contributed by atoms with Gasteiger partial charge in [-0.1, -0.05) is 29.8 Å². The molecule has 24 heavy (non-hydrogen) atoms. The largest absolute Gasteiger partial charge is 0.481 e. The quantitative estimate of drug-likeness (QED) is 0.880. The minimum Gasteiger partial charge on any atom is -0.481 e. The second-order valence-electron chi connectivity index (χ2n) is 5.49. The molecule has 3 rings (SSSR count). The predicted molar refractivity (Wildman–Crippen MR) is 86.9 cm³/mol. The number of benzene rings is 1. The number of hydrogen-bond acceptors (Lipinski definition) is 4. The highest BCUT2D eigenvalue weighted by Gasteiger charge is 2.27. The number of amides is 1. The van der Waals surface area contributed by atoms with Crippen molar-refractivity contribution in [3.05, 3.63) is 41.0 Å². The lowest BCUT2D eigenvalue weighted by Gasteiger charge is -2.31. The number of aromatic amines is 1. The van der Waals surface area contributed by atoms with Crippen LogP contribution in [0, 0.1) is 0 Å². The number of carboxylic acid groups (broad SMARTS) is 1. The standard InChI is InChI=1S/C16H16ClN3O4/c17-12-4-2-1-3-11(12)13-8-14(19-18-13)16(23)20-5-6-24-10(9-20)7-15(21)22/h1-4,8,10H,5-7,9H2,(H,18,19)(H,21,22)/t10-/m1/s1. The number of aromatic nitrogens is 2. The summed E-state index contributed by atoms with van der Waals surface area (Å²) in [6.45, 7) is 0.968. The minimum absolute atomic E-state index is 0.127. The zero-order valence-electron chi connectivity index (χ0n) is 12.7. The van der Waals surface area contributed by atoms with Crippen molar-refractivity contribution >= 4 is 23.5 Å². The highest BCUT2D eigenvalue weighted by atomic mass is 35.5. The fraction of sp³-hybridized carbons (Fsp3) is 0.312. The maximum Gasteiger partial charge on any atom is 0.306 e. The molecule has 0 radical (unpaired) electrons. The molecule has 8 heteroatoms. The normalized spacial score (nSPS) is 17.7. The Kier molecular flexibility index (Phi) is 4.82. The number of nitrogens with zero attached hydrogens (tertiary/aromatic N) is 2. The van der Waals surface area contributed by atoms with Crippen molar-refractivity contribution in [2.24, 2.45) is 0 Å². The average molecular weight is 350 g/mol. The smallest absolute Gasteiger partial charge is 0.306 e. The number of rotatable bonds is 4. The molecule has 2 N–H and O–H groups in total. The van der Waals surface area contributed by atoms with Crippen LogP contribution in [0.15, 0.2) is 30.3 Å². The van der Waals surface area contributed by atoms with Crippen molar-refractivity contribution in [2.45, 2.75) is 12.5 Å². The molecule has 2 aromatic rings. The van der Waals surface area contributed by atoms with E-state index < -0.39 is 12.1 Å². The van der Waals surface area contributed by atoms with Crippen molar-refractivity contribution in [3.63, 3.8) is 0 Å². The lowest BCUT2D eigenvalue weighted by Crippen LogP contribution is -2.46. The number of hydrogen-bond donors (Lipinski definition) is 2. The number of morpholine rings is 1. The van der Waals surface area contributed by atoms with Gasteiger partial charge in [-0.2, -0.15) is 5.10 Å². The van der Waals surface area contributed by atoms with Crippen LogP contribution in [-0.2, 0) is 9.53 Å². The van der Waals surface area contributed by atoms with Gasteiger partial charge in [-0.3, -0.25) is 14.7 Å². The monoisotopic (exact) mass is 349 g/mol. The second kappa shape index (κ2) is 7.02. The Morgan fingerprint density at radius 2 is 2.21 bits per heavy atom. The number of ether oxygens (including phenoxy) is 1. The maximum atomic E-state index is 12.6. The van der Waals surface area contributed by atoms with Crippen LogP contribution in [0.25, 0.3) is 11.3 Å². The van der Waals surface area contributed by atoms with Gasteiger partial charge in [-0.05, 0) is 12.1 Å². The number of nitrogens with one attached hydrogen (secondary N) is 1. The van der Waals surface area contributed by atoms with E-state index in [1.54, 1.807) is 17.0 Å². The second-order valence-corrected chi connectivity index (χ2v) is 5.90. The Hall–Kier alpha value is -2.38. The molecule has 7 nitrogen and oxygen atoms in total. The highest BCUT2D eigenvalue weighted by Crippen LogP contribution is 2.26. The van der Waals surface area contributed by atoms with E-state index in [2.05, 4.69) is 10.2 Å². The Balaban J connectivity index is 1.74. The molecular formula is C16H16ClN3O4. The first-order valence-electron chi connectivity index (χ1n) is 7.47. The molecule has 0 bridgehead atoms. The van der Waals surface area contributed by atoms with Gasteiger partial charge in [0.05, 0.1) is 29.8 Å². The number of carboxylic acids is 1. The SMILES string of the molecule is O=C(O)C[C@@H]1CN(C(=O)c2cc(-c3ccccc3Cl)n[nH]2)CCO1. The summed E-state index contributed by atoms with van der Waals surface area (Å²) in [7, 11) is 0. The van der Waals surface area contributed by atoms with E-state index in [9.17, 15) is 9.59 Å².